The molecule has 0 unspecified atom stereocenters. The van der Waals surface area contributed by atoms with E-state index in [0.717, 1.165) is 18.5 Å². The number of ether oxygens (including phenoxy) is 1. The van der Waals surface area contributed by atoms with Gasteiger partial charge in [0.15, 0.2) is 0 Å². The zero-order valence-corrected chi connectivity index (χ0v) is 18.6. The number of aromatic nitrogens is 1. The van der Waals surface area contributed by atoms with E-state index in [4.69, 9.17) is 4.74 Å². The van der Waals surface area contributed by atoms with Crippen LogP contribution in [-0.4, -0.2) is 30.6 Å². The van der Waals surface area contributed by atoms with Crippen LogP contribution in [0.15, 0.2) is 35.9 Å². The highest BCUT2D eigenvalue weighted by atomic mass is 19.1. The SMILES string of the molecule is CCOC(=O)CC1CCN(c2c(F)cc(-c3cccc(C=C4CCCC4)n3)cc2F)CC1. The Kier molecular flexibility index (Phi) is 7.18. The third-order valence-corrected chi connectivity index (χ3v) is 6.37. The molecule has 0 spiro atoms. The van der Waals surface area contributed by atoms with Gasteiger partial charge in [-0.1, -0.05) is 11.6 Å². The van der Waals surface area contributed by atoms with Crippen LogP contribution < -0.4 is 4.90 Å². The largest absolute Gasteiger partial charge is 0.466 e. The van der Waals surface area contributed by atoms with Crippen LogP contribution >= 0.6 is 0 Å². The molecule has 1 aliphatic carbocycles. The molecule has 32 heavy (non-hydrogen) atoms. The molecule has 0 N–H and O–H groups in total. The number of benzene rings is 1. The number of pyridine rings is 1. The Hall–Kier alpha value is -2.76. The quantitative estimate of drug-likeness (QED) is 0.505. The fraction of sp³-hybridized carbons (Fsp3) is 0.462. The maximum absolute atomic E-state index is 15.0. The second-order valence-electron chi connectivity index (χ2n) is 8.69. The van der Waals surface area contributed by atoms with E-state index in [-0.39, 0.29) is 17.6 Å². The highest BCUT2D eigenvalue weighted by Gasteiger charge is 2.26. The van der Waals surface area contributed by atoms with Crippen molar-refractivity contribution in [3.05, 3.63) is 53.2 Å². The van der Waals surface area contributed by atoms with E-state index in [0.29, 0.717) is 50.2 Å². The number of anilines is 1. The number of rotatable bonds is 6. The molecule has 1 saturated heterocycles. The maximum atomic E-state index is 15.0. The summed E-state index contributed by atoms with van der Waals surface area (Å²) < 4.78 is 35.1. The summed E-state index contributed by atoms with van der Waals surface area (Å²) in [6, 6.07) is 8.33. The first kappa shape index (κ1) is 22.4. The number of piperidine rings is 1. The molecule has 1 aromatic heterocycles. The van der Waals surface area contributed by atoms with Crippen molar-refractivity contribution in [2.75, 3.05) is 24.6 Å². The predicted molar refractivity (Wildman–Crippen MR) is 122 cm³/mol. The topological polar surface area (TPSA) is 42.4 Å². The molecule has 0 atom stereocenters. The molecule has 1 aromatic carbocycles. The molecule has 2 fully saturated rings. The van der Waals surface area contributed by atoms with Crippen molar-refractivity contribution in [1.29, 1.82) is 0 Å². The van der Waals surface area contributed by atoms with Gasteiger partial charge in [0.05, 0.1) is 18.0 Å². The van der Waals surface area contributed by atoms with E-state index in [1.54, 1.807) is 17.9 Å². The standard InChI is InChI=1S/C26H30F2N2O2/c1-2-32-25(31)15-19-10-12-30(13-11-19)26-22(27)16-20(17-23(26)28)24-9-5-8-21(29-24)14-18-6-3-4-7-18/h5,8-9,14,16-17,19H,2-4,6-7,10-13,15H2,1H3. The number of hydrogen-bond donors (Lipinski definition) is 0. The molecular formula is C26H30F2N2O2. The van der Waals surface area contributed by atoms with Crippen LogP contribution in [-0.2, 0) is 9.53 Å². The summed E-state index contributed by atoms with van der Waals surface area (Å²) in [5.41, 5.74) is 3.22. The lowest BCUT2D eigenvalue weighted by molar-refractivity contribution is -0.144. The average Bonchev–Trinajstić information content (AvgIpc) is 3.28. The van der Waals surface area contributed by atoms with Gasteiger partial charge in [-0.15, -0.1) is 0 Å². The molecule has 2 aliphatic rings. The third-order valence-electron chi connectivity index (χ3n) is 6.37. The van der Waals surface area contributed by atoms with Crippen LogP contribution in [0.4, 0.5) is 14.5 Å². The Labute approximate surface area is 188 Å². The fourth-order valence-corrected chi connectivity index (χ4v) is 4.71. The minimum Gasteiger partial charge on any atom is -0.466 e. The molecule has 2 aromatic rings. The van der Waals surface area contributed by atoms with Crippen molar-refractivity contribution in [2.24, 2.45) is 5.92 Å². The highest BCUT2D eigenvalue weighted by molar-refractivity contribution is 5.70. The number of nitrogens with zero attached hydrogens (tertiary/aromatic N) is 2. The van der Waals surface area contributed by atoms with Crippen molar-refractivity contribution in [1.82, 2.24) is 4.98 Å². The van der Waals surface area contributed by atoms with Crippen molar-refractivity contribution in [3.63, 3.8) is 0 Å². The van der Waals surface area contributed by atoms with Crippen LogP contribution in [0.2, 0.25) is 0 Å². The minimum absolute atomic E-state index is 0.00700. The smallest absolute Gasteiger partial charge is 0.306 e. The molecule has 0 radical (unpaired) electrons. The first-order valence-corrected chi connectivity index (χ1v) is 11.6. The van der Waals surface area contributed by atoms with Crippen LogP contribution in [0.3, 0.4) is 0 Å². The third kappa shape index (κ3) is 5.34. The van der Waals surface area contributed by atoms with Gasteiger partial charge in [0.2, 0.25) is 0 Å². The zero-order chi connectivity index (χ0) is 22.5. The summed E-state index contributed by atoms with van der Waals surface area (Å²) >= 11 is 0. The lowest BCUT2D eigenvalue weighted by Crippen LogP contribution is -2.35. The molecule has 170 valence electrons. The predicted octanol–water partition coefficient (Wildman–Crippen LogP) is 6.15. The molecule has 1 saturated carbocycles. The van der Waals surface area contributed by atoms with Gasteiger partial charge in [0.25, 0.3) is 0 Å². The molecule has 0 bridgehead atoms. The molecule has 4 rings (SSSR count). The van der Waals surface area contributed by atoms with Gasteiger partial charge in [-0.3, -0.25) is 4.79 Å². The number of hydrogen-bond acceptors (Lipinski definition) is 4. The van der Waals surface area contributed by atoms with Gasteiger partial charge >= 0.3 is 5.97 Å². The van der Waals surface area contributed by atoms with Gasteiger partial charge < -0.3 is 9.64 Å². The van der Waals surface area contributed by atoms with Crippen molar-refractivity contribution < 1.29 is 18.3 Å². The molecular weight excluding hydrogens is 410 g/mol. The molecule has 2 heterocycles. The van der Waals surface area contributed by atoms with Crippen LogP contribution in [0.5, 0.6) is 0 Å². The minimum atomic E-state index is -0.579. The van der Waals surface area contributed by atoms with E-state index in [2.05, 4.69) is 11.1 Å². The number of esters is 1. The number of carbonyl (C=O) groups is 1. The highest BCUT2D eigenvalue weighted by Crippen LogP contribution is 2.33. The lowest BCUT2D eigenvalue weighted by Gasteiger charge is -2.33. The molecule has 1 aliphatic heterocycles. The van der Waals surface area contributed by atoms with E-state index in [9.17, 15) is 4.79 Å². The summed E-state index contributed by atoms with van der Waals surface area (Å²) in [5, 5.41) is 0. The van der Waals surface area contributed by atoms with Gasteiger partial charge in [0, 0.05) is 25.1 Å². The summed E-state index contributed by atoms with van der Waals surface area (Å²) in [7, 11) is 0. The van der Waals surface area contributed by atoms with Gasteiger partial charge in [-0.05, 0) is 81.7 Å². The molecule has 0 amide bonds. The van der Waals surface area contributed by atoms with E-state index in [1.165, 1.54) is 30.5 Å². The average molecular weight is 441 g/mol. The monoisotopic (exact) mass is 440 g/mol. The van der Waals surface area contributed by atoms with Crippen molar-refractivity contribution in [2.45, 2.75) is 51.9 Å². The Morgan fingerprint density at radius 2 is 1.84 bits per heavy atom. The van der Waals surface area contributed by atoms with Crippen LogP contribution in [0.1, 0.15) is 57.6 Å². The van der Waals surface area contributed by atoms with Crippen molar-refractivity contribution >= 4 is 17.7 Å². The summed E-state index contributed by atoms with van der Waals surface area (Å²) in [6.45, 7) is 3.18. The number of allylic oxidation sites excluding steroid dienone is 1. The lowest BCUT2D eigenvalue weighted by atomic mass is 9.93. The maximum Gasteiger partial charge on any atom is 0.306 e. The van der Waals surface area contributed by atoms with Gasteiger partial charge in [0.1, 0.15) is 17.3 Å². The second-order valence-corrected chi connectivity index (χ2v) is 8.69. The Morgan fingerprint density at radius 3 is 2.50 bits per heavy atom. The first-order chi connectivity index (χ1) is 15.5. The Balaban J connectivity index is 1.47. The number of halogens is 2. The van der Waals surface area contributed by atoms with E-state index >= 15 is 8.78 Å². The van der Waals surface area contributed by atoms with E-state index in [1.807, 2.05) is 12.1 Å². The second kappa shape index (κ2) is 10.2. The Morgan fingerprint density at radius 1 is 1.16 bits per heavy atom. The van der Waals surface area contributed by atoms with Crippen LogP contribution in [0.25, 0.3) is 17.3 Å². The first-order valence-electron chi connectivity index (χ1n) is 11.6. The summed E-state index contributed by atoms with van der Waals surface area (Å²) in [4.78, 5) is 18.1. The fourth-order valence-electron chi connectivity index (χ4n) is 4.71. The normalized spacial score (nSPS) is 17.0. The summed E-state index contributed by atoms with van der Waals surface area (Å²) in [6.07, 6.45) is 8.49. The van der Waals surface area contributed by atoms with Crippen molar-refractivity contribution in [3.8, 4) is 11.3 Å². The molecule has 6 heteroatoms. The number of carbonyl (C=O) groups excluding carboxylic acids is 1. The van der Waals surface area contributed by atoms with E-state index < -0.39 is 11.6 Å². The Bertz CT molecular complexity index is 966. The van der Waals surface area contributed by atoms with Gasteiger partial charge in [-0.2, -0.15) is 0 Å². The van der Waals surface area contributed by atoms with Gasteiger partial charge in [-0.25, -0.2) is 13.8 Å². The zero-order valence-electron chi connectivity index (χ0n) is 18.6. The molecule has 4 nitrogen and oxygen atoms in total. The van der Waals surface area contributed by atoms with Crippen LogP contribution in [0, 0.1) is 17.6 Å². The summed E-state index contributed by atoms with van der Waals surface area (Å²) in [5.74, 6) is -1.17.